The summed E-state index contributed by atoms with van der Waals surface area (Å²) in [7, 11) is 4.48. The number of hydrogen-bond donors (Lipinski definition) is 1. The number of benzene rings is 2. The van der Waals surface area contributed by atoms with Crippen LogP contribution in [0.2, 0.25) is 0 Å². The first kappa shape index (κ1) is 22.6. The Morgan fingerprint density at radius 1 is 1.03 bits per heavy atom. The van der Waals surface area contributed by atoms with Gasteiger partial charge in [0.15, 0.2) is 4.34 Å². The molecule has 1 aromatic heterocycles. The number of ether oxygens (including phenoxy) is 3. The number of carbonyl (C=O) groups excluding carboxylic acids is 2. The Labute approximate surface area is 187 Å². The largest absolute Gasteiger partial charge is 0.497 e. The summed E-state index contributed by atoms with van der Waals surface area (Å²) in [5.41, 5.74) is 2.25. The zero-order valence-corrected chi connectivity index (χ0v) is 18.8. The summed E-state index contributed by atoms with van der Waals surface area (Å²) in [6.07, 6.45) is 0.120. The molecule has 1 heterocycles. The number of nitrogens with one attached hydrogen (secondary N) is 1. The van der Waals surface area contributed by atoms with E-state index < -0.39 is 0 Å². The van der Waals surface area contributed by atoms with Crippen LogP contribution in [0.1, 0.15) is 21.5 Å². The molecule has 0 bridgehead atoms. The van der Waals surface area contributed by atoms with Gasteiger partial charge in [-0.1, -0.05) is 35.2 Å². The van der Waals surface area contributed by atoms with E-state index >= 15 is 0 Å². The van der Waals surface area contributed by atoms with Gasteiger partial charge in [0, 0.05) is 11.3 Å². The first-order valence-electron chi connectivity index (χ1n) is 9.16. The zero-order valence-electron chi connectivity index (χ0n) is 17.2. The molecular formula is C21H21N3O5S2. The maximum atomic E-state index is 12.4. The van der Waals surface area contributed by atoms with Crippen molar-refractivity contribution in [1.82, 2.24) is 10.2 Å². The predicted octanol–water partition coefficient (Wildman–Crippen LogP) is 3.82. The second-order valence-corrected chi connectivity index (χ2v) is 8.45. The quantitative estimate of drug-likeness (QED) is 0.293. The van der Waals surface area contributed by atoms with E-state index in [0.29, 0.717) is 33.5 Å². The van der Waals surface area contributed by atoms with Gasteiger partial charge in [0.25, 0.3) is 0 Å². The van der Waals surface area contributed by atoms with E-state index in [1.54, 1.807) is 44.6 Å². The summed E-state index contributed by atoms with van der Waals surface area (Å²) in [5, 5.41) is 11.3. The monoisotopic (exact) mass is 459 g/mol. The molecular weight excluding hydrogens is 438 g/mol. The Bertz CT molecular complexity index is 1050. The summed E-state index contributed by atoms with van der Waals surface area (Å²) in [6.45, 7) is 0. The zero-order chi connectivity index (χ0) is 22.2. The van der Waals surface area contributed by atoms with E-state index in [4.69, 9.17) is 14.2 Å². The van der Waals surface area contributed by atoms with E-state index in [2.05, 4.69) is 15.5 Å². The second-order valence-electron chi connectivity index (χ2n) is 6.25. The van der Waals surface area contributed by atoms with Crippen molar-refractivity contribution in [2.75, 3.05) is 26.6 Å². The summed E-state index contributed by atoms with van der Waals surface area (Å²) in [4.78, 5) is 23.9. The Hall–Kier alpha value is -3.11. The number of rotatable bonds is 9. The van der Waals surface area contributed by atoms with Crippen molar-refractivity contribution in [2.45, 2.75) is 16.5 Å². The number of carbonyl (C=O) groups is 2. The number of anilines is 1. The Balaban J connectivity index is 1.55. The SMILES string of the molecule is COC(=O)c1ccc(CSc2nnc(NC(=O)Cc3cc(OC)ccc3OC)s2)cc1. The standard InChI is InChI=1S/C21H21N3O5S2/c1-27-16-8-9-17(28-2)15(10-16)11-18(25)22-20-23-24-21(31-20)30-12-13-4-6-14(7-5-13)19(26)29-3/h4-10H,11-12H2,1-3H3,(H,22,23,25). The lowest BCUT2D eigenvalue weighted by Gasteiger charge is -2.09. The first-order chi connectivity index (χ1) is 15.0. The summed E-state index contributed by atoms with van der Waals surface area (Å²) < 4.78 is 15.9. The van der Waals surface area contributed by atoms with Crippen LogP contribution in [0.15, 0.2) is 46.8 Å². The van der Waals surface area contributed by atoms with Crippen molar-refractivity contribution in [2.24, 2.45) is 0 Å². The van der Waals surface area contributed by atoms with E-state index in [1.165, 1.54) is 30.2 Å². The number of thioether (sulfide) groups is 1. The molecule has 10 heteroatoms. The van der Waals surface area contributed by atoms with Gasteiger partial charge in [0.1, 0.15) is 11.5 Å². The minimum atomic E-state index is -0.365. The normalized spacial score (nSPS) is 10.4. The summed E-state index contributed by atoms with van der Waals surface area (Å²) >= 11 is 2.80. The molecule has 1 amide bonds. The van der Waals surface area contributed by atoms with Crippen LogP contribution < -0.4 is 14.8 Å². The highest BCUT2D eigenvalue weighted by Gasteiger charge is 2.13. The van der Waals surface area contributed by atoms with Crippen LogP contribution in [0.5, 0.6) is 11.5 Å². The fourth-order valence-electron chi connectivity index (χ4n) is 2.68. The van der Waals surface area contributed by atoms with E-state index in [0.717, 1.165) is 9.90 Å². The lowest BCUT2D eigenvalue weighted by Crippen LogP contribution is -2.14. The highest BCUT2D eigenvalue weighted by molar-refractivity contribution is 8.00. The van der Waals surface area contributed by atoms with Crippen LogP contribution in [0.3, 0.4) is 0 Å². The lowest BCUT2D eigenvalue weighted by atomic mass is 10.1. The minimum absolute atomic E-state index is 0.120. The average Bonchev–Trinajstić information content (AvgIpc) is 3.24. The third kappa shape index (κ3) is 6.19. The van der Waals surface area contributed by atoms with Crippen LogP contribution in [0.25, 0.3) is 0 Å². The third-order valence-electron chi connectivity index (χ3n) is 4.23. The van der Waals surface area contributed by atoms with Crippen LogP contribution >= 0.6 is 23.1 Å². The number of aromatic nitrogens is 2. The topological polar surface area (TPSA) is 99.6 Å². The van der Waals surface area contributed by atoms with Crippen molar-refractivity contribution < 1.29 is 23.8 Å². The highest BCUT2D eigenvalue weighted by atomic mass is 32.2. The molecule has 0 saturated heterocycles. The van der Waals surface area contributed by atoms with E-state index in [1.807, 2.05) is 12.1 Å². The van der Waals surface area contributed by atoms with Gasteiger partial charge >= 0.3 is 5.97 Å². The molecule has 0 aliphatic rings. The molecule has 0 fully saturated rings. The molecule has 0 radical (unpaired) electrons. The lowest BCUT2D eigenvalue weighted by molar-refractivity contribution is -0.115. The van der Waals surface area contributed by atoms with Crippen molar-refractivity contribution in [1.29, 1.82) is 0 Å². The maximum absolute atomic E-state index is 12.4. The van der Waals surface area contributed by atoms with Gasteiger partial charge in [-0.15, -0.1) is 10.2 Å². The molecule has 0 unspecified atom stereocenters. The molecule has 0 saturated carbocycles. The van der Waals surface area contributed by atoms with Crippen molar-refractivity contribution in [3.05, 3.63) is 59.2 Å². The molecule has 0 aliphatic carbocycles. The number of amides is 1. The molecule has 162 valence electrons. The highest BCUT2D eigenvalue weighted by Crippen LogP contribution is 2.29. The van der Waals surface area contributed by atoms with Crippen LogP contribution in [-0.2, 0) is 21.7 Å². The van der Waals surface area contributed by atoms with Crippen molar-refractivity contribution in [3.63, 3.8) is 0 Å². The van der Waals surface area contributed by atoms with Gasteiger partial charge in [-0.25, -0.2) is 4.79 Å². The number of esters is 1. The molecule has 31 heavy (non-hydrogen) atoms. The van der Waals surface area contributed by atoms with Gasteiger partial charge in [-0.3, -0.25) is 4.79 Å². The van der Waals surface area contributed by atoms with Crippen molar-refractivity contribution in [3.8, 4) is 11.5 Å². The molecule has 0 spiro atoms. The minimum Gasteiger partial charge on any atom is -0.497 e. The predicted molar refractivity (Wildman–Crippen MR) is 119 cm³/mol. The van der Waals surface area contributed by atoms with Gasteiger partial charge in [-0.2, -0.15) is 0 Å². The Morgan fingerprint density at radius 2 is 1.81 bits per heavy atom. The Kier molecular flexibility index (Phi) is 7.85. The smallest absolute Gasteiger partial charge is 0.337 e. The van der Waals surface area contributed by atoms with Gasteiger partial charge in [-0.05, 0) is 35.9 Å². The number of methoxy groups -OCH3 is 3. The summed E-state index contributed by atoms with van der Waals surface area (Å²) in [5.74, 6) is 1.33. The fourth-order valence-corrected chi connectivity index (χ4v) is 4.40. The molecule has 3 rings (SSSR count). The molecule has 0 atom stereocenters. The molecule has 3 aromatic rings. The van der Waals surface area contributed by atoms with E-state index in [-0.39, 0.29) is 18.3 Å². The van der Waals surface area contributed by atoms with Crippen LogP contribution in [0, 0.1) is 0 Å². The summed E-state index contributed by atoms with van der Waals surface area (Å²) in [6, 6.07) is 12.5. The third-order valence-corrected chi connectivity index (χ3v) is 6.27. The Morgan fingerprint density at radius 3 is 2.48 bits per heavy atom. The molecule has 1 N–H and O–H groups in total. The van der Waals surface area contributed by atoms with Gasteiger partial charge in [0.05, 0.1) is 33.3 Å². The molecule has 0 aliphatic heterocycles. The number of nitrogens with zero attached hydrogens (tertiary/aromatic N) is 2. The second kappa shape index (κ2) is 10.8. The first-order valence-corrected chi connectivity index (χ1v) is 11.0. The van der Waals surface area contributed by atoms with Crippen LogP contribution in [0.4, 0.5) is 5.13 Å². The van der Waals surface area contributed by atoms with E-state index in [9.17, 15) is 9.59 Å². The maximum Gasteiger partial charge on any atom is 0.337 e. The number of hydrogen-bond acceptors (Lipinski definition) is 9. The molecule has 8 nitrogen and oxygen atoms in total. The molecule has 2 aromatic carbocycles. The van der Waals surface area contributed by atoms with Crippen LogP contribution in [-0.4, -0.2) is 43.4 Å². The fraction of sp³-hybridized carbons (Fsp3) is 0.238. The average molecular weight is 460 g/mol. The van der Waals surface area contributed by atoms with Crippen molar-refractivity contribution >= 4 is 40.1 Å². The van der Waals surface area contributed by atoms with Gasteiger partial charge in [0.2, 0.25) is 11.0 Å². The van der Waals surface area contributed by atoms with Gasteiger partial charge < -0.3 is 19.5 Å².